The smallest absolute Gasteiger partial charge is 0.303 e. The molecular weight excluding hydrogens is 216 g/mol. The Morgan fingerprint density at radius 1 is 1.36 bits per heavy atom. The summed E-state index contributed by atoms with van der Waals surface area (Å²) in [6.45, 7) is -0.763. The Bertz CT molecular complexity index is 270. The number of carbonyl (C=O) groups excluding carboxylic acids is 2. The van der Waals surface area contributed by atoms with Gasteiger partial charge in [-0.3, -0.25) is 0 Å². The van der Waals surface area contributed by atoms with Gasteiger partial charge >= 0.3 is 10.1 Å². The first-order valence-corrected chi connectivity index (χ1v) is 5.10. The van der Waals surface area contributed by atoms with Crippen molar-refractivity contribution in [3.05, 3.63) is 0 Å². The lowest BCUT2D eigenvalue weighted by atomic mass is 10.4. The Hall–Kier alpha value is -0.830. The van der Waals surface area contributed by atoms with E-state index in [9.17, 15) is 18.0 Å². The molecule has 0 aliphatic rings. The summed E-state index contributed by atoms with van der Waals surface area (Å²) in [6.07, 6.45) is -0.133. The zero-order valence-corrected chi connectivity index (χ0v) is 7.97. The van der Waals surface area contributed by atoms with E-state index in [2.05, 4.69) is 9.22 Å². The highest BCUT2D eigenvalue weighted by Gasteiger charge is 2.26. The molecule has 0 heterocycles. The maximum atomic E-state index is 11.0. The third-order valence-corrected chi connectivity index (χ3v) is 2.50. The van der Waals surface area contributed by atoms with Gasteiger partial charge in [-0.05, 0) is 0 Å². The van der Waals surface area contributed by atoms with Crippen molar-refractivity contribution in [3.63, 3.8) is 0 Å². The lowest BCUT2D eigenvalue weighted by Gasteiger charge is -2.07. The van der Waals surface area contributed by atoms with Crippen LogP contribution in [0.5, 0.6) is 0 Å². The normalized spacial score (nSPS) is 13.5. The first-order chi connectivity index (χ1) is 6.58. The molecule has 0 fully saturated rings. The molecule has 1 atom stereocenters. The Morgan fingerprint density at radius 2 is 2.00 bits per heavy atom. The summed E-state index contributed by atoms with van der Waals surface area (Å²) in [4.78, 5) is 24.3. The largest absolute Gasteiger partial charge is 0.394 e. The van der Waals surface area contributed by atoms with E-state index < -0.39 is 28.4 Å². The van der Waals surface area contributed by atoms with E-state index in [-0.39, 0.29) is 19.2 Å². The fourth-order valence-corrected chi connectivity index (χ4v) is 1.28. The molecule has 0 rings (SSSR count). The molecular formula is C6H10O7S. The van der Waals surface area contributed by atoms with Crippen LogP contribution in [0.2, 0.25) is 0 Å². The van der Waals surface area contributed by atoms with Crippen LogP contribution in [-0.2, 0) is 28.9 Å². The summed E-state index contributed by atoms with van der Waals surface area (Å²) in [7, 11) is -4.24. The molecule has 0 aromatic heterocycles. The summed E-state index contributed by atoms with van der Waals surface area (Å²) in [5.41, 5.74) is 0. The van der Waals surface area contributed by atoms with Gasteiger partial charge < -0.3 is 14.7 Å². The Labute approximate surface area is 80.7 Å². The SMILES string of the molecule is O=CCC(C=O)S(=O)(=O)OOCCO. The van der Waals surface area contributed by atoms with E-state index in [1.54, 1.807) is 0 Å². The minimum atomic E-state index is -4.24. The van der Waals surface area contributed by atoms with Crippen LogP contribution in [0.1, 0.15) is 6.42 Å². The van der Waals surface area contributed by atoms with Gasteiger partial charge in [-0.25, -0.2) is 4.89 Å². The monoisotopic (exact) mass is 226 g/mol. The molecule has 0 spiro atoms. The number of aldehydes is 2. The third kappa shape index (κ3) is 4.42. The Balaban J connectivity index is 4.26. The third-order valence-electron chi connectivity index (χ3n) is 1.17. The predicted octanol–water partition coefficient (Wildman–Crippen LogP) is -1.59. The van der Waals surface area contributed by atoms with Crippen LogP contribution >= 0.6 is 0 Å². The van der Waals surface area contributed by atoms with Crippen LogP contribution < -0.4 is 0 Å². The van der Waals surface area contributed by atoms with Crippen LogP contribution in [0.4, 0.5) is 0 Å². The summed E-state index contributed by atoms with van der Waals surface area (Å²) in [6, 6.07) is 0. The van der Waals surface area contributed by atoms with Gasteiger partial charge in [0.2, 0.25) is 0 Å². The molecule has 0 amide bonds. The second kappa shape index (κ2) is 6.60. The van der Waals surface area contributed by atoms with Crippen LogP contribution in [0, 0.1) is 0 Å². The van der Waals surface area contributed by atoms with Crippen molar-refractivity contribution in [2.45, 2.75) is 11.7 Å². The standard InChI is InChI=1S/C6H10O7S/c7-2-1-6(5-9)14(10,11)13-12-4-3-8/h2,5-6,8H,1,3-4H2. The maximum absolute atomic E-state index is 11.0. The maximum Gasteiger partial charge on any atom is 0.303 e. The molecule has 0 aromatic rings. The number of carbonyl (C=O) groups is 2. The number of rotatable bonds is 8. The molecule has 0 radical (unpaired) electrons. The second-order valence-electron chi connectivity index (χ2n) is 2.18. The molecule has 1 unspecified atom stereocenters. The van der Waals surface area contributed by atoms with Gasteiger partial charge in [0.05, 0.1) is 6.61 Å². The van der Waals surface area contributed by atoms with Crippen molar-refractivity contribution in [1.29, 1.82) is 0 Å². The minimum absolute atomic E-state index is 0.0754. The van der Waals surface area contributed by atoms with E-state index in [0.717, 1.165) is 0 Å². The number of hydrogen-bond acceptors (Lipinski definition) is 7. The zero-order chi connectivity index (χ0) is 11.0. The molecule has 1 N–H and O–H groups in total. The van der Waals surface area contributed by atoms with Crippen LogP contribution in [0.25, 0.3) is 0 Å². The highest BCUT2D eigenvalue weighted by atomic mass is 32.2. The van der Waals surface area contributed by atoms with E-state index in [1.807, 2.05) is 0 Å². The van der Waals surface area contributed by atoms with Gasteiger partial charge in [-0.2, -0.15) is 8.42 Å². The lowest BCUT2D eigenvalue weighted by Crippen LogP contribution is -2.26. The first kappa shape index (κ1) is 13.2. The molecule has 0 aliphatic carbocycles. The van der Waals surface area contributed by atoms with Gasteiger partial charge in [-0.15, -0.1) is 4.33 Å². The predicted molar refractivity (Wildman–Crippen MR) is 43.6 cm³/mol. The van der Waals surface area contributed by atoms with E-state index in [0.29, 0.717) is 0 Å². The zero-order valence-electron chi connectivity index (χ0n) is 7.16. The molecule has 0 aliphatic heterocycles. The van der Waals surface area contributed by atoms with Crippen molar-refractivity contribution in [2.24, 2.45) is 0 Å². The molecule has 0 aromatic carbocycles. The van der Waals surface area contributed by atoms with E-state index >= 15 is 0 Å². The summed E-state index contributed by atoms with van der Waals surface area (Å²) in [5.74, 6) is 0. The Morgan fingerprint density at radius 3 is 2.43 bits per heavy atom. The van der Waals surface area contributed by atoms with E-state index in [1.165, 1.54) is 0 Å². The quantitative estimate of drug-likeness (QED) is 0.230. The topological polar surface area (TPSA) is 107 Å². The highest BCUT2D eigenvalue weighted by molar-refractivity contribution is 7.88. The molecule has 82 valence electrons. The minimum Gasteiger partial charge on any atom is -0.394 e. The second-order valence-corrected chi connectivity index (χ2v) is 3.91. The lowest BCUT2D eigenvalue weighted by molar-refractivity contribution is -0.207. The van der Waals surface area contributed by atoms with Crippen molar-refractivity contribution in [3.8, 4) is 0 Å². The molecule has 7 nitrogen and oxygen atoms in total. The molecule has 14 heavy (non-hydrogen) atoms. The van der Waals surface area contributed by atoms with Gasteiger partial charge in [0, 0.05) is 6.42 Å². The fraction of sp³-hybridized carbons (Fsp3) is 0.667. The molecule has 8 heteroatoms. The first-order valence-electron chi connectivity index (χ1n) is 3.63. The molecule has 0 saturated carbocycles. The molecule has 0 bridgehead atoms. The van der Waals surface area contributed by atoms with Gasteiger partial charge in [0.15, 0.2) is 5.25 Å². The summed E-state index contributed by atoms with van der Waals surface area (Å²) < 4.78 is 25.9. The highest BCUT2D eigenvalue weighted by Crippen LogP contribution is 2.05. The van der Waals surface area contributed by atoms with Crippen LogP contribution in [0.15, 0.2) is 0 Å². The van der Waals surface area contributed by atoms with Crippen LogP contribution in [-0.4, -0.2) is 44.6 Å². The number of aliphatic hydroxyl groups is 1. The molecule has 0 saturated heterocycles. The van der Waals surface area contributed by atoms with Gasteiger partial charge in [-0.1, -0.05) is 0 Å². The van der Waals surface area contributed by atoms with Gasteiger partial charge in [0.1, 0.15) is 19.2 Å². The van der Waals surface area contributed by atoms with Crippen LogP contribution in [0.3, 0.4) is 0 Å². The van der Waals surface area contributed by atoms with Crippen molar-refractivity contribution in [2.75, 3.05) is 13.2 Å². The van der Waals surface area contributed by atoms with Crippen molar-refractivity contribution < 1.29 is 32.3 Å². The van der Waals surface area contributed by atoms with E-state index in [4.69, 9.17) is 5.11 Å². The number of aliphatic hydroxyl groups excluding tert-OH is 1. The summed E-state index contributed by atoms with van der Waals surface area (Å²) >= 11 is 0. The summed E-state index contributed by atoms with van der Waals surface area (Å²) in [5, 5.41) is 6.67. The van der Waals surface area contributed by atoms with Crippen molar-refractivity contribution in [1.82, 2.24) is 0 Å². The average molecular weight is 226 g/mol. The van der Waals surface area contributed by atoms with Gasteiger partial charge in [0.25, 0.3) is 0 Å². The average Bonchev–Trinajstić information content (AvgIpc) is 2.14. The fourth-order valence-electron chi connectivity index (χ4n) is 0.525. The Kier molecular flexibility index (Phi) is 6.21. The van der Waals surface area contributed by atoms with Crippen molar-refractivity contribution >= 4 is 22.7 Å². The number of hydrogen-bond donors (Lipinski definition) is 1.